The molecule has 0 aromatic heterocycles. The predicted octanol–water partition coefficient (Wildman–Crippen LogP) is 7.30. The van der Waals surface area contributed by atoms with E-state index in [4.69, 9.17) is 0 Å². The number of halogens is 6. The lowest BCUT2D eigenvalue weighted by Gasteiger charge is -2.23. The van der Waals surface area contributed by atoms with Crippen LogP contribution in [0.15, 0.2) is 48.5 Å². The average molecular weight is 537 g/mol. The van der Waals surface area contributed by atoms with Crippen molar-refractivity contribution in [3.63, 3.8) is 0 Å². The van der Waals surface area contributed by atoms with E-state index >= 15 is 0 Å². The Bertz CT molecular complexity index is 1240. The zero-order valence-electron chi connectivity index (χ0n) is 21.6. The molecule has 0 N–H and O–H groups in total. The molecule has 4 nitrogen and oxygen atoms in total. The number of hydrogen-bond acceptors (Lipinski definition) is 2. The standard InChI is InChI=1S/C28H26F6N2O2/c1-15-16(2)24(20-9-13-22(14-10-20)36(6)26(38)28(32,33)34)18(4)17(3)23(15)19-7-11-21(12-8-19)35(5)25(37)27(29,30)31/h7-14H,1-6H3. The third-order valence-electron chi connectivity index (χ3n) is 6.81. The zero-order valence-corrected chi connectivity index (χ0v) is 21.6. The third kappa shape index (κ3) is 5.39. The monoisotopic (exact) mass is 536 g/mol. The maximum Gasteiger partial charge on any atom is 0.471 e. The maximum atomic E-state index is 12.8. The van der Waals surface area contributed by atoms with Gasteiger partial charge in [-0.25, -0.2) is 0 Å². The van der Waals surface area contributed by atoms with Crippen LogP contribution in [0.4, 0.5) is 37.7 Å². The summed E-state index contributed by atoms with van der Waals surface area (Å²) in [5.41, 5.74) is 7.20. The summed E-state index contributed by atoms with van der Waals surface area (Å²) in [7, 11) is 2.12. The highest BCUT2D eigenvalue weighted by Crippen LogP contribution is 2.40. The van der Waals surface area contributed by atoms with Crippen molar-refractivity contribution >= 4 is 23.2 Å². The van der Waals surface area contributed by atoms with Gasteiger partial charge in [-0.2, -0.15) is 26.3 Å². The molecule has 38 heavy (non-hydrogen) atoms. The first-order valence-corrected chi connectivity index (χ1v) is 11.5. The van der Waals surface area contributed by atoms with Gasteiger partial charge in [0.1, 0.15) is 0 Å². The van der Waals surface area contributed by atoms with Gasteiger partial charge in [-0.15, -0.1) is 0 Å². The fraction of sp³-hybridized carbons (Fsp3) is 0.286. The highest BCUT2D eigenvalue weighted by atomic mass is 19.4. The molecule has 0 aliphatic rings. The summed E-state index contributed by atoms with van der Waals surface area (Å²) in [4.78, 5) is 24.2. The molecular formula is C28H26F6N2O2. The molecule has 0 fully saturated rings. The molecule has 3 aromatic carbocycles. The molecule has 0 aliphatic carbocycles. The fourth-order valence-corrected chi connectivity index (χ4v) is 4.50. The molecule has 0 bridgehead atoms. The van der Waals surface area contributed by atoms with Crippen molar-refractivity contribution in [1.29, 1.82) is 0 Å². The molecule has 10 heteroatoms. The fourth-order valence-electron chi connectivity index (χ4n) is 4.50. The number of anilines is 2. The summed E-state index contributed by atoms with van der Waals surface area (Å²) in [6.45, 7) is 7.66. The number of hydrogen-bond donors (Lipinski definition) is 0. The Kier molecular flexibility index (Phi) is 7.68. The van der Waals surface area contributed by atoms with Gasteiger partial charge < -0.3 is 9.80 Å². The van der Waals surface area contributed by atoms with E-state index < -0.39 is 24.2 Å². The van der Waals surface area contributed by atoms with Gasteiger partial charge in [-0.3, -0.25) is 9.59 Å². The minimum absolute atomic E-state index is 0.102. The molecule has 0 heterocycles. The van der Waals surface area contributed by atoms with Gasteiger partial charge in [0.25, 0.3) is 0 Å². The summed E-state index contributed by atoms with van der Waals surface area (Å²) in [5.74, 6) is -3.93. The van der Waals surface area contributed by atoms with Crippen LogP contribution in [0, 0.1) is 27.7 Å². The van der Waals surface area contributed by atoms with Crippen LogP contribution in [-0.4, -0.2) is 38.3 Å². The van der Waals surface area contributed by atoms with Crippen molar-refractivity contribution in [1.82, 2.24) is 0 Å². The normalized spacial score (nSPS) is 11.9. The van der Waals surface area contributed by atoms with Crippen molar-refractivity contribution in [2.45, 2.75) is 40.0 Å². The lowest BCUT2D eigenvalue weighted by molar-refractivity contribution is -0.170. The number of alkyl halides is 6. The molecule has 0 unspecified atom stereocenters. The van der Waals surface area contributed by atoms with Crippen molar-refractivity contribution in [3.8, 4) is 22.3 Å². The second-order valence-electron chi connectivity index (χ2n) is 9.07. The molecule has 0 aliphatic heterocycles. The Hall–Kier alpha value is -3.82. The Balaban J connectivity index is 2.00. The highest BCUT2D eigenvalue weighted by molar-refractivity contribution is 5.98. The van der Waals surface area contributed by atoms with Crippen molar-refractivity contribution < 1.29 is 35.9 Å². The Morgan fingerprint density at radius 1 is 0.526 bits per heavy atom. The number of nitrogens with zero attached hydrogens (tertiary/aromatic N) is 2. The topological polar surface area (TPSA) is 40.6 Å². The number of benzene rings is 3. The first kappa shape index (κ1) is 28.7. The minimum atomic E-state index is -4.98. The van der Waals surface area contributed by atoms with E-state index in [-0.39, 0.29) is 11.4 Å². The molecule has 0 saturated heterocycles. The van der Waals surface area contributed by atoms with Crippen molar-refractivity contribution in [2.24, 2.45) is 0 Å². The number of carbonyl (C=O) groups is 2. The first-order chi connectivity index (χ1) is 17.5. The van der Waals surface area contributed by atoms with Crippen LogP contribution in [0.1, 0.15) is 22.3 Å². The molecule has 0 saturated carbocycles. The van der Waals surface area contributed by atoms with E-state index in [0.29, 0.717) is 9.80 Å². The van der Waals surface area contributed by atoms with Crippen LogP contribution < -0.4 is 9.80 Å². The molecule has 2 amide bonds. The van der Waals surface area contributed by atoms with E-state index in [1.54, 1.807) is 24.3 Å². The first-order valence-electron chi connectivity index (χ1n) is 11.5. The van der Waals surface area contributed by atoms with E-state index in [9.17, 15) is 35.9 Å². The van der Waals surface area contributed by atoms with E-state index in [0.717, 1.165) is 58.6 Å². The number of amides is 2. The average Bonchev–Trinajstić information content (AvgIpc) is 2.85. The molecule has 202 valence electrons. The molecule has 3 aromatic rings. The van der Waals surface area contributed by atoms with Crippen LogP contribution in [-0.2, 0) is 9.59 Å². The van der Waals surface area contributed by atoms with E-state index in [1.807, 2.05) is 27.7 Å². The van der Waals surface area contributed by atoms with Gasteiger partial charge in [0.2, 0.25) is 0 Å². The zero-order chi connectivity index (χ0) is 28.7. The number of rotatable bonds is 4. The van der Waals surface area contributed by atoms with Gasteiger partial charge in [0.05, 0.1) is 0 Å². The van der Waals surface area contributed by atoms with Gasteiger partial charge in [0, 0.05) is 25.5 Å². The summed E-state index contributed by atoms with van der Waals surface area (Å²) in [6, 6.07) is 12.4. The summed E-state index contributed by atoms with van der Waals surface area (Å²) >= 11 is 0. The van der Waals surface area contributed by atoms with Gasteiger partial charge in [-0.1, -0.05) is 24.3 Å². The summed E-state index contributed by atoms with van der Waals surface area (Å²) in [6.07, 6.45) is -9.96. The van der Waals surface area contributed by atoms with Crippen LogP contribution in [0.5, 0.6) is 0 Å². The van der Waals surface area contributed by atoms with Crippen LogP contribution in [0.25, 0.3) is 22.3 Å². The lowest BCUT2D eigenvalue weighted by Crippen LogP contribution is -2.38. The van der Waals surface area contributed by atoms with Gasteiger partial charge in [0.15, 0.2) is 0 Å². The molecule has 0 atom stereocenters. The highest BCUT2D eigenvalue weighted by Gasteiger charge is 2.42. The Morgan fingerprint density at radius 3 is 0.974 bits per heavy atom. The lowest BCUT2D eigenvalue weighted by atomic mass is 9.83. The largest absolute Gasteiger partial charge is 0.471 e. The summed E-state index contributed by atoms with van der Waals surface area (Å²) in [5, 5.41) is 0. The van der Waals surface area contributed by atoms with Gasteiger partial charge in [-0.05, 0) is 96.5 Å². The maximum absolute atomic E-state index is 12.8. The van der Waals surface area contributed by atoms with Crippen LogP contribution in [0.2, 0.25) is 0 Å². The second kappa shape index (κ2) is 10.2. The quantitative estimate of drug-likeness (QED) is 0.328. The SMILES string of the molecule is Cc1c(C)c(-c2ccc(N(C)C(=O)C(F)(F)F)cc2)c(C)c(C)c1-c1ccc(N(C)C(=O)C(F)(F)F)cc1. The molecule has 0 spiro atoms. The molecule has 0 radical (unpaired) electrons. The molecular weight excluding hydrogens is 510 g/mol. The predicted molar refractivity (Wildman–Crippen MR) is 135 cm³/mol. The Labute approximate surface area is 216 Å². The smallest absolute Gasteiger partial charge is 0.308 e. The third-order valence-corrected chi connectivity index (χ3v) is 6.81. The molecule has 3 rings (SSSR count). The van der Waals surface area contributed by atoms with E-state index in [1.165, 1.54) is 24.3 Å². The van der Waals surface area contributed by atoms with Crippen LogP contribution >= 0.6 is 0 Å². The van der Waals surface area contributed by atoms with Gasteiger partial charge >= 0.3 is 24.2 Å². The Morgan fingerprint density at radius 2 is 0.763 bits per heavy atom. The minimum Gasteiger partial charge on any atom is -0.308 e. The van der Waals surface area contributed by atoms with E-state index in [2.05, 4.69) is 0 Å². The van der Waals surface area contributed by atoms with Crippen molar-refractivity contribution in [2.75, 3.05) is 23.9 Å². The second-order valence-corrected chi connectivity index (χ2v) is 9.07. The van der Waals surface area contributed by atoms with Crippen LogP contribution in [0.3, 0.4) is 0 Å². The van der Waals surface area contributed by atoms with Crippen molar-refractivity contribution in [3.05, 3.63) is 70.8 Å². The summed E-state index contributed by atoms with van der Waals surface area (Å²) < 4.78 is 76.8. The number of carbonyl (C=O) groups excluding carboxylic acids is 2.